The van der Waals surface area contributed by atoms with Crippen molar-refractivity contribution in [1.82, 2.24) is 4.98 Å². The molecule has 0 unspecified atom stereocenters. The van der Waals surface area contributed by atoms with Crippen LogP contribution in [0.4, 0.5) is 0 Å². The van der Waals surface area contributed by atoms with Crippen LogP contribution in [-0.2, 0) is 0 Å². The normalized spacial score (nSPS) is 10.7. The van der Waals surface area contributed by atoms with Crippen molar-refractivity contribution in [2.75, 3.05) is 0 Å². The van der Waals surface area contributed by atoms with E-state index in [1.807, 2.05) is 18.3 Å². The Morgan fingerprint density at radius 3 is 2.14 bits per heavy atom. The second-order valence-electron chi connectivity index (χ2n) is 5.72. The van der Waals surface area contributed by atoms with Crippen LogP contribution >= 0.6 is 15.9 Å². The van der Waals surface area contributed by atoms with Crippen molar-refractivity contribution in [3.63, 3.8) is 0 Å². The Hall–Kier alpha value is -1.93. The third kappa shape index (κ3) is 2.97. The van der Waals surface area contributed by atoms with Crippen LogP contribution < -0.4 is 0 Å². The number of nitrogens with zero attached hydrogens (tertiary/aromatic N) is 1. The molecule has 3 aromatic rings. The van der Waals surface area contributed by atoms with Crippen LogP contribution in [0.2, 0.25) is 0 Å². The zero-order chi connectivity index (χ0) is 15.7. The van der Waals surface area contributed by atoms with Crippen LogP contribution in [0, 0.1) is 20.8 Å². The molecule has 110 valence electrons. The predicted molar refractivity (Wildman–Crippen MR) is 97.0 cm³/mol. The number of pyridine rings is 1. The van der Waals surface area contributed by atoms with Gasteiger partial charge in [0.2, 0.25) is 0 Å². The zero-order valence-electron chi connectivity index (χ0n) is 13.0. The lowest BCUT2D eigenvalue weighted by atomic mass is 9.94. The molecule has 3 rings (SSSR count). The SMILES string of the molecule is Cc1cc(C)c(-c2ccc(-c3cccc(Br)c3)nc2)c(C)c1. The number of hydrogen-bond acceptors (Lipinski definition) is 1. The Kier molecular flexibility index (Phi) is 4.12. The van der Waals surface area contributed by atoms with Gasteiger partial charge >= 0.3 is 0 Å². The van der Waals surface area contributed by atoms with Gasteiger partial charge in [0.05, 0.1) is 5.69 Å². The molecular formula is C20H18BrN. The molecule has 2 aromatic carbocycles. The minimum absolute atomic E-state index is 0.993. The smallest absolute Gasteiger partial charge is 0.0702 e. The molecule has 0 saturated carbocycles. The third-order valence-electron chi connectivity index (χ3n) is 3.85. The van der Waals surface area contributed by atoms with Gasteiger partial charge in [0.25, 0.3) is 0 Å². The summed E-state index contributed by atoms with van der Waals surface area (Å²) >= 11 is 3.51. The molecule has 0 amide bonds. The van der Waals surface area contributed by atoms with E-state index in [4.69, 9.17) is 0 Å². The third-order valence-corrected chi connectivity index (χ3v) is 4.34. The van der Waals surface area contributed by atoms with Crippen molar-refractivity contribution in [2.45, 2.75) is 20.8 Å². The van der Waals surface area contributed by atoms with Gasteiger partial charge in [-0.25, -0.2) is 0 Å². The van der Waals surface area contributed by atoms with Crippen molar-refractivity contribution in [3.05, 3.63) is 75.9 Å². The van der Waals surface area contributed by atoms with E-state index in [-0.39, 0.29) is 0 Å². The summed E-state index contributed by atoms with van der Waals surface area (Å²) < 4.78 is 1.07. The highest BCUT2D eigenvalue weighted by molar-refractivity contribution is 9.10. The van der Waals surface area contributed by atoms with Gasteiger partial charge in [0.15, 0.2) is 0 Å². The van der Waals surface area contributed by atoms with Crippen LogP contribution in [0.5, 0.6) is 0 Å². The lowest BCUT2D eigenvalue weighted by Crippen LogP contribution is -1.91. The van der Waals surface area contributed by atoms with Gasteiger partial charge in [-0.1, -0.05) is 51.8 Å². The van der Waals surface area contributed by atoms with Crippen molar-refractivity contribution in [3.8, 4) is 22.4 Å². The summed E-state index contributed by atoms with van der Waals surface area (Å²) in [5.41, 5.74) is 8.49. The summed E-state index contributed by atoms with van der Waals surface area (Å²) in [5.74, 6) is 0. The van der Waals surface area contributed by atoms with E-state index in [2.05, 4.69) is 78.1 Å². The Balaban J connectivity index is 2.02. The number of rotatable bonds is 2. The van der Waals surface area contributed by atoms with Crippen LogP contribution in [-0.4, -0.2) is 4.98 Å². The van der Waals surface area contributed by atoms with Crippen LogP contribution in [0.25, 0.3) is 22.4 Å². The average molecular weight is 352 g/mol. The molecule has 0 aliphatic heterocycles. The highest BCUT2D eigenvalue weighted by Crippen LogP contribution is 2.29. The maximum absolute atomic E-state index is 4.65. The lowest BCUT2D eigenvalue weighted by molar-refractivity contribution is 1.28. The Labute approximate surface area is 140 Å². The fraction of sp³-hybridized carbons (Fsp3) is 0.150. The molecule has 0 N–H and O–H groups in total. The Morgan fingerprint density at radius 2 is 1.55 bits per heavy atom. The second-order valence-corrected chi connectivity index (χ2v) is 6.63. The van der Waals surface area contributed by atoms with Gasteiger partial charge in [-0.15, -0.1) is 0 Å². The minimum Gasteiger partial charge on any atom is -0.256 e. The summed E-state index contributed by atoms with van der Waals surface area (Å²) in [5, 5.41) is 0. The molecule has 0 aliphatic rings. The summed E-state index contributed by atoms with van der Waals surface area (Å²) in [7, 11) is 0. The van der Waals surface area contributed by atoms with Crippen LogP contribution in [0.1, 0.15) is 16.7 Å². The second kappa shape index (κ2) is 6.05. The van der Waals surface area contributed by atoms with Crippen molar-refractivity contribution >= 4 is 15.9 Å². The van der Waals surface area contributed by atoms with Crippen molar-refractivity contribution in [2.24, 2.45) is 0 Å². The molecule has 0 atom stereocenters. The van der Waals surface area contributed by atoms with E-state index >= 15 is 0 Å². The zero-order valence-corrected chi connectivity index (χ0v) is 14.6. The first-order valence-electron chi connectivity index (χ1n) is 7.35. The van der Waals surface area contributed by atoms with Gasteiger partial charge < -0.3 is 0 Å². The van der Waals surface area contributed by atoms with Gasteiger partial charge in [-0.05, 0) is 55.7 Å². The number of halogens is 1. The standard InChI is InChI=1S/C20H18BrN/c1-13-9-14(2)20(15(3)10-13)17-7-8-19(22-12-17)16-5-4-6-18(21)11-16/h4-12H,1-3H3. The monoisotopic (exact) mass is 351 g/mol. The maximum atomic E-state index is 4.65. The molecule has 0 spiro atoms. The molecular weight excluding hydrogens is 334 g/mol. The number of aryl methyl sites for hydroxylation is 3. The maximum Gasteiger partial charge on any atom is 0.0702 e. The number of hydrogen-bond donors (Lipinski definition) is 0. The fourth-order valence-corrected chi connectivity index (χ4v) is 3.39. The molecule has 0 bridgehead atoms. The topological polar surface area (TPSA) is 12.9 Å². The van der Waals surface area contributed by atoms with Gasteiger partial charge in [0.1, 0.15) is 0 Å². The van der Waals surface area contributed by atoms with Gasteiger partial charge in [-0.3, -0.25) is 4.98 Å². The van der Waals surface area contributed by atoms with Crippen molar-refractivity contribution < 1.29 is 0 Å². The first kappa shape index (κ1) is 15.0. The van der Waals surface area contributed by atoms with E-state index in [0.717, 1.165) is 15.7 Å². The van der Waals surface area contributed by atoms with Crippen LogP contribution in [0.3, 0.4) is 0 Å². The summed E-state index contributed by atoms with van der Waals surface area (Å²) in [4.78, 5) is 4.65. The molecule has 0 saturated heterocycles. The molecule has 0 aliphatic carbocycles. The molecule has 0 radical (unpaired) electrons. The molecule has 1 aromatic heterocycles. The molecule has 1 heterocycles. The first-order chi connectivity index (χ1) is 10.5. The lowest BCUT2D eigenvalue weighted by Gasteiger charge is -2.12. The molecule has 1 nitrogen and oxygen atoms in total. The van der Waals surface area contributed by atoms with E-state index in [1.165, 1.54) is 27.8 Å². The largest absolute Gasteiger partial charge is 0.256 e. The average Bonchev–Trinajstić information content (AvgIpc) is 2.47. The minimum atomic E-state index is 0.993. The summed E-state index contributed by atoms with van der Waals surface area (Å²) in [6.07, 6.45) is 1.97. The van der Waals surface area contributed by atoms with Gasteiger partial charge in [-0.2, -0.15) is 0 Å². The Morgan fingerprint density at radius 1 is 0.818 bits per heavy atom. The molecule has 2 heteroatoms. The van der Waals surface area contributed by atoms with E-state index in [1.54, 1.807) is 0 Å². The van der Waals surface area contributed by atoms with Crippen LogP contribution in [0.15, 0.2) is 59.2 Å². The summed E-state index contributed by atoms with van der Waals surface area (Å²) in [6.45, 7) is 6.47. The highest BCUT2D eigenvalue weighted by atomic mass is 79.9. The Bertz CT molecular complexity index is 796. The highest BCUT2D eigenvalue weighted by Gasteiger charge is 2.08. The van der Waals surface area contributed by atoms with E-state index in [9.17, 15) is 0 Å². The molecule has 22 heavy (non-hydrogen) atoms. The fourth-order valence-electron chi connectivity index (χ4n) is 3.00. The quantitative estimate of drug-likeness (QED) is 0.543. The summed E-state index contributed by atoms with van der Waals surface area (Å²) in [6, 6.07) is 16.9. The first-order valence-corrected chi connectivity index (χ1v) is 8.14. The number of aromatic nitrogens is 1. The van der Waals surface area contributed by atoms with Gasteiger partial charge in [0, 0.05) is 21.8 Å². The predicted octanol–water partition coefficient (Wildman–Crippen LogP) is 6.10. The van der Waals surface area contributed by atoms with E-state index in [0.29, 0.717) is 0 Å². The molecule has 0 fully saturated rings. The van der Waals surface area contributed by atoms with Crippen molar-refractivity contribution in [1.29, 1.82) is 0 Å². The van der Waals surface area contributed by atoms with E-state index < -0.39 is 0 Å². The number of benzene rings is 2.